The molecule has 174 valence electrons. The van der Waals surface area contributed by atoms with Crippen molar-refractivity contribution in [2.24, 2.45) is 0 Å². The SMILES string of the molecule is COCc1ccc2c(c1)c(C(=O)C(=O)Nc1ccnc(OC)c1)c(C)n2Cc1ccc(Cl)cc1. The molecule has 2 aromatic carbocycles. The second kappa shape index (κ2) is 10.1. The number of rotatable bonds is 8. The molecule has 0 atom stereocenters. The molecule has 2 heterocycles. The molecule has 0 fully saturated rings. The lowest BCUT2D eigenvalue weighted by molar-refractivity contribution is -0.112. The van der Waals surface area contributed by atoms with Crippen LogP contribution in [0.2, 0.25) is 5.02 Å². The van der Waals surface area contributed by atoms with E-state index >= 15 is 0 Å². The van der Waals surface area contributed by atoms with Crippen LogP contribution in [0, 0.1) is 6.92 Å². The Labute approximate surface area is 202 Å². The highest BCUT2D eigenvalue weighted by Gasteiger charge is 2.26. The molecule has 34 heavy (non-hydrogen) atoms. The van der Waals surface area contributed by atoms with Crippen LogP contribution in [0.4, 0.5) is 5.69 Å². The summed E-state index contributed by atoms with van der Waals surface area (Å²) in [5, 5.41) is 4.01. The van der Waals surface area contributed by atoms with Crippen molar-refractivity contribution in [3.63, 3.8) is 0 Å². The molecule has 0 aliphatic carbocycles. The van der Waals surface area contributed by atoms with Crippen LogP contribution in [0.1, 0.15) is 27.2 Å². The number of pyridine rings is 1. The van der Waals surface area contributed by atoms with Gasteiger partial charge in [0, 0.05) is 53.2 Å². The van der Waals surface area contributed by atoms with Crippen molar-refractivity contribution in [2.45, 2.75) is 20.1 Å². The number of amides is 1. The number of ether oxygens (including phenoxy) is 2. The first-order chi connectivity index (χ1) is 16.4. The van der Waals surface area contributed by atoms with Crippen molar-refractivity contribution in [1.82, 2.24) is 9.55 Å². The summed E-state index contributed by atoms with van der Waals surface area (Å²) in [5.41, 5.74) is 4.28. The summed E-state index contributed by atoms with van der Waals surface area (Å²) >= 11 is 6.03. The Morgan fingerprint density at radius 2 is 1.76 bits per heavy atom. The number of halogens is 1. The normalized spacial score (nSPS) is 10.9. The molecule has 0 saturated heterocycles. The van der Waals surface area contributed by atoms with E-state index in [1.165, 1.54) is 13.3 Å². The van der Waals surface area contributed by atoms with Crippen molar-refractivity contribution in [3.8, 4) is 5.88 Å². The molecule has 8 heteroatoms. The molecule has 2 aromatic heterocycles. The first-order valence-corrected chi connectivity index (χ1v) is 11.0. The van der Waals surface area contributed by atoms with Gasteiger partial charge in [-0.05, 0) is 48.4 Å². The maximum absolute atomic E-state index is 13.4. The highest BCUT2D eigenvalue weighted by Crippen LogP contribution is 2.29. The Balaban J connectivity index is 1.75. The summed E-state index contributed by atoms with van der Waals surface area (Å²) in [6, 6.07) is 16.5. The van der Waals surface area contributed by atoms with Crippen LogP contribution in [0.15, 0.2) is 60.8 Å². The minimum atomic E-state index is -0.737. The Hall–Kier alpha value is -3.68. The van der Waals surface area contributed by atoms with Gasteiger partial charge in [0.25, 0.3) is 11.7 Å². The first kappa shape index (κ1) is 23.5. The van der Waals surface area contributed by atoms with Gasteiger partial charge in [0.05, 0.1) is 19.3 Å². The van der Waals surface area contributed by atoms with Crippen LogP contribution in [0.5, 0.6) is 5.88 Å². The summed E-state index contributed by atoms with van der Waals surface area (Å²) in [4.78, 5) is 30.4. The average molecular weight is 478 g/mol. The van der Waals surface area contributed by atoms with E-state index in [2.05, 4.69) is 10.3 Å². The zero-order valence-corrected chi connectivity index (χ0v) is 19.8. The molecule has 4 rings (SSSR count). The molecule has 1 N–H and O–H groups in total. The number of fused-ring (bicyclic) bond motifs is 1. The zero-order chi connectivity index (χ0) is 24.2. The van der Waals surface area contributed by atoms with E-state index in [9.17, 15) is 9.59 Å². The summed E-state index contributed by atoms with van der Waals surface area (Å²) in [5.74, 6) is -1.02. The highest BCUT2D eigenvalue weighted by molar-refractivity contribution is 6.48. The first-order valence-electron chi connectivity index (χ1n) is 10.6. The van der Waals surface area contributed by atoms with Gasteiger partial charge in [-0.1, -0.05) is 29.8 Å². The van der Waals surface area contributed by atoms with Gasteiger partial charge in [0.1, 0.15) is 0 Å². The molecule has 1 amide bonds. The smallest absolute Gasteiger partial charge is 0.296 e. The van der Waals surface area contributed by atoms with Gasteiger partial charge in [0.15, 0.2) is 0 Å². The van der Waals surface area contributed by atoms with Gasteiger partial charge in [-0.2, -0.15) is 0 Å². The number of hydrogen-bond donors (Lipinski definition) is 1. The molecule has 0 radical (unpaired) electrons. The number of anilines is 1. The number of nitrogens with zero attached hydrogens (tertiary/aromatic N) is 2. The van der Waals surface area contributed by atoms with Crippen molar-refractivity contribution in [2.75, 3.05) is 19.5 Å². The Morgan fingerprint density at radius 3 is 2.47 bits per heavy atom. The van der Waals surface area contributed by atoms with Crippen LogP contribution in [0.25, 0.3) is 10.9 Å². The van der Waals surface area contributed by atoms with Crippen molar-refractivity contribution in [1.29, 1.82) is 0 Å². The molecule has 0 aliphatic rings. The van der Waals surface area contributed by atoms with Gasteiger partial charge in [-0.15, -0.1) is 0 Å². The molecule has 7 nitrogen and oxygen atoms in total. The van der Waals surface area contributed by atoms with E-state index in [-0.39, 0.29) is 0 Å². The molecule has 4 aromatic rings. The second-order valence-corrected chi connectivity index (χ2v) is 8.26. The van der Waals surface area contributed by atoms with Crippen molar-refractivity contribution in [3.05, 3.63) is 88.2 Å². The predicted molar refractivity (Wildman–Crippen MR) is 132 cm³/mol. The quantitative estimate of drug-likeness (QED) is 0.284. The fraction of sp³-hybridized carbons (Fsp3) is 0.192. The van der Waals surface area contributed by atoms with E-state index in [1.807, 2.05) is 54.0 Å². The van der Waals surface area contributed by atoms with E-state index in [0.717, 1.165) is 16.6 Å². The van der Waals surface area contributed by atoms with E-state index < -0.39 is 11.7 Å². The predicted octanol–water partition coefficient (Wildman–Crippen LogP) is 5.02. The fourth-order valence-corrected chi connectivity index (χ4v) is 4.07. The number of carbonyl (C=O) groups is 2. The number of hydrogen-bond acceptors (Lipinski definition) is 5. The Bertz CT molecular complexity index is 1360. The minimum Gasteiger partial charge on any atom is -0.481 e. The number of carbonyl (C=O) groups excluding carboxylic acids is 2. The van der Waals surface area contributed by atoms with Crippen LogP contribution < -0.4 is 10.1 Å². The molecule has 0 aliphatic heterocycles. The summed E-state index contributed by atoms with van der Waals surface area (Å²) in [7, 11) is 3.10. The standard InChI is InChI=1S/C26H24ClN3O4/c1-16-24(25(31)26(32)29-20-10-11-28-23(13-20)34-3)21-12-18(15-33-2)6-9-22(21)30(16)14-17-4-7-19(27)8-5-17/h4-13H,14-15H2,1-3H3,(H,28,29,32). The van der Waals surface area contributed by atoms with Gasteiger partial charge in [0.2, 0.25) is 5.88 Å². The largest absolute Gasteiger partial charge is 0.481 e. The van der Waals surface area contributed by atoms with E-state index in [0.29, 0.717) is 46.4 Å². The topological polar surface area (TPSA) is 82.5 Å². The fourth-order valence-electron chi connectivity index (χ4n) is 3.95. The molecule has 0 unspecified atom stereocenters. The lowest BCUT2D eigenvalue weighted by Gasteiger charge is -2.10. The molecule has 0 spiro atoms. The number of nitrogens with one attached hydrogen (secondary N) is 1. The number of Topliss-reactive ketones (excluding diaryl/α,β-unsaturated/α-hetero) is 1. The van der Waals surface area contributed by atoms with Crippen molar-refractivity contribution >= 4 is 39.9 Å². The maximum Gasteiger partial charge on any atom is 0.296 e. The van der Waals surface area contributed by atoms with Crippen LogP contribution in [-0.2, 0) is 22.7 Å². The zero-order valence-electron chi connectivity index (χ0n) is 19.1. The van der Waals surface area contributed by atoms with Gasteiger partial charge in [-0.25, -0.2) is 4.98 Å². The van der Waals surface area contributed by atoms with Gasteiger partial charge >= 0.3 is 0 Å². The number of ketones is 1. The van der Waals surface area contributed by atoms with Gasteiger partial charge in [-0.3, -0.25) is 9.59 Å². The summed E-state index contributed by atoms with van der Waals surface area (Å²) < 4.78 is 12.4. The highest BCUT2D eigenvalue weighted by atomic mass is 35.5. The van der Waals surface area contributed by atoms with Crippen LogP contribution in [-0.4, -0.2) is 35.5 Å². The molecular formula is C26H24ClN3O4. The number of methoxy groups -OCH3 is 2. The third-order valence-electron chi connectivity index (χ3n) is 5.59. The molecular weight excluding hydrogens is 454 g/mol. The molecule has 0 saturated carbocycles. The van der Waals surface area contributed by atoms with E-state index in [1.54, 1.807) is 19.2 Å². The average Bonchev–Trinajstić information content (AvgIpc) is 3.10. The number of aromatic nitrogens is 2. The molecule has 0 bridgehead atoms. The van der Waals surface area contributed by atoms with E-state index in [4.69, 9.17) is 21.1 Å². The lowest BCUT2D eigenvalue weighted by atomic mass is 10.0. The van der Waals surface area contributed by atoms with Crippen LogP contribution >= 0.6 is 11.6 Å². The maximum atomic E-state index is 13.4. The Kier molecular flexibility index (Phi) is 6.95. The monoisotopic (exact) mass is 477 g/mol. The summed E-state index contributed by atoms with van der Waals surface area (Å²) in [6.45, 7) is 2.77. The van der Waals surface area contributed by atoms with Gasteiger partial charge < -0.3 is 19.4 Å². The summed E-state index contributed by atoms with van der Waals surface area (Å²) in [6.07, 6.45) is 1.50. The Morgan fingerprint density at radius 1 is 1.03 bits per heavy atom. The third kappa shape index (κ3) is 4.81. The lowest BCUT2D eigenvalue weighted by Crippen LogP contribution is -2.23. The number of benzene rings is 2. The second-order valence-electron chi connectivity index (χ2n) is 7.83. The van der Waals surface area contributed by atoms with Crippen molar-refractivity contribution < 1.29 is 19.1 Å². The minimum absolute atomic E-state index is 0.338. The third-order valence-corrected chi connectivity index (χ3v) is 5.84. The van der Waals surface area contributed by atoms with Crippen LogP contribution in [0.3, 0.4) is 0 Å².